The molecule has 0 spiro atoms. The largest absolute Gasteiger partial charge is 0.340 e. The molecule has 0 aromatic carbocycles. The van der Waals surface area contributed by atoms with Crippen molar-refractivity contribution in [2.24, 2.45) is 5.92 Å². The molecule has 2 heterocycles. The predicted octanol–water partition coefficient (Wildman–Crippen LogP) is -0.972. The van der Waals surface area contributed by atoms with Crippen LogP contribution in [0.15, 0.2) is 0 Å². The lowest BCUT2D eigenvalue weighted by Gasteiger charge is -2.29. The normalized spacial score (nSPS) is 29.7. The van der Waals surface area contributed by atoms with E-state index < -0.39 is 0 Å². The molecule has 0 aromatic heterocycles. The van der Waals surface area contributed by atoms with Crippen molar-refractivity contribution < 1.29 is 4.79 Å². The molecule has 4 heteroatoms. The zero-order valence-corrected chi connectivity index (χ0v) is 7.88. The lowest BCUT2D eigenvalue weighted by molar-refractivity contribution is -0.132. The van der Waals surface area contributed by atoms with Crippen molar-refractivity contribution >= 4 is 5.91 Å². The molecule has 2 saturated heterocycles. The topological polar surface area (TPSA) is 44.4 Å². The van der Waals surface area contributed by atoms with Crippen LogP contribution in [0.5, 0.6) is 0 Å². The van der Waals surface area contributed by atoms with Crippen molar-refractivity contribution in [2.45, 2.75) is 6.42 Å². The number of carbonyl (C=O) groups is 1. The molecular formula is C9H17N3O. The maximum Gasteiger partial charge on any atom is 0.236 e. The average Bonchev–Trinajstić information content (AvgIpc) is 2.61. The van der Waals surface area contributed by atoms with Crippen LogP contribution in [0.4, 0.5) is 0 Å². The van der Waals surface area contributed by atoms with Crippen LogP contribution in [0, 0.1) is 5.92 Å². The third kappa shape index (κ3) is 2.19. The highest BCUT2D eigenvalue weighted by atomic mass is 16.2. The second-order valence-electron chi connectivity index (χ2n) is 3.88. The van der Waals surface area contributed by atoms with Gasteiger partial charge in [0.05, 0.1) is 6.54 Å². The zero-order valence-electron chi connectivity index (χ0n) is 7.88. The highest BCUT2D eigenvalue weighted by molar-refractivity contribution is 5.78. The fourth-order valence-corrected chi connectivity index (χ4v) is 2.02. The van der Waals surface area contributed by atoms with E-state index in [2.05, 4.69) is 10.6 Å². The monoisotopic (exact) mass is 183 g/mol. The fourth-order valence-electron chi connectivity index (χ4n) is 2.02. The van der Waals surface area contributed by atoms with Crippen molar-refractivity contribution in [1.82, 2.24) is 15.5 Å². The van der Waals surface area contributed by atoms with Crippen LogP contribution in [-0.2, 0) is 4.79 Å². The summed E-state index contributed by atoms with van der Waals surface area (Å²) in [6.45, 7) is 5.51. The van der Waals surface area contributed by atoms with E-state index in [1.165, 1.54) is 6.42 Å². The molecule has 2 aliphatic heterocycles. The third-order valence-electron chi connectivity index (χ3n) is 2.83. The first kappa shape index (κ1) is 8.97. The minimum atomic E-state index is 0.262. The standard InChI is InChI=1S/C9H17N3O/c13-9-6-11-3-4-12(9)7-8-1-2-10-5-8/h8,10-11H,1-7H2. The molecule has 0 radical (unpaired) electrons. The number of amides is 1. The van der Waals surface area contributed by atoms with Gasteiger partial charge in [-0.15, -0.1) is 0 Å². The van der Waals surface area contributed by atoms with Gasteiger partial charge in [0, 0.05) is 19.6 Å². The first-order valence-electron chi connectivity index (χ1n) is 5.05. The van der Waals surface area contributed by atoms with Crippen LogP contribution in [0.1, 0.15) is 6.42 Å². The first-order chi connectivity index (χ1) is 6.36. The molecule has 1 amide bonds. The van der Waals surface area contributed by atoms with Crippen molar-refractivity contribution in [3.05, 3.63) is 0 Å². The summed E-state index contributed by atoms with van der Waals surface area (Å²) in [6, 6.07) is 0. The molecule has 2 N–H and O–H groups in total. The molecule has 1 atom stereocenters. The van der Waals surface area contributed by atoms with Gasteiger partial charge in [-0.3, -0.25) is 4.79 Å². The van der Waals surface area contributed by atoms with Crippen LogP contribution in [0.25, 0.3) is 0 Å². The highest BCUT2D eigenvalue weighted by Gasteiger charge is 2.23. The Labute approximate surface area is 78.7 Å². The van der Waals surface area contributed by atoms with E-state index in [4.69, 9.17) is 0 Å². The van der Waals surface area contributed by atoms with Gasteiger partial charge in [-0.05, 0) is 25.4 Å². The summed E-state index contributed by atoms with van der Waals surface area (Å²) >= 11 is 0. The number of carbonyl (C=O) groups excluding carboxylic acids is 1. The molecule has 2 fully saturated rings. The summed E-state index contributed by atoms with van der Waals surface area (Å²) in [4.78, 5) is 13.4. The smallest absolute Gasteiger partial charge is 0.236 e. The van der Waals surface area contributed by atoms with Crippen LogP contribution < -0.4 is 10.6 Å². The minimum absolute atomic E-state index is 0.262. The van der Waals surface area contributed by atoms with E-state index in [1.54, 1.807) is 0 Å². The Morgan fingerprint density at radius 2 is 2.31 bits per heavy atom. The molecule has 0 bridgehead atoms. The lowest BCUT2D eigenvalue weighted by atomic mass is 10.1. The third-order valence-corrected chi connectivity index (χ3v) is 2.83. The first-order valence-corrected chi connectivity index (χ1v) is 5.05. The number of nitrogens with one attached hydrogen (secondary N) is 2. The highest BCUT2D eigenvalue weighted by Crippen LogP contribution is 2.10. The Hall–Kier alpha value is -0.610. The van der Waals surface area contributed by atoms with Gasteiger partial charge >= 0.3 is 0 Å². The van der Waals surface area contributed by atoms with Gasteiger partial charge in [0.2, 0.25) is 5.91 Å². The molecule has 2 aliphatic rings. The number of nitrogens with zero attached hydrogens (tertiary/aromatic N) is 1. The summed E-state index contributed by atoms with van der Waals surface area (Å²) in [6.07, 6.45) is 1.22. The summed E-state index contributed by atoms with van der Waals surface area (Å²) in [5.41, 5.74) is 0. The van der Waals surface area contributed by atoms with Crippen LogP contribution in [-0.4, -0.2) is 50.1 Å². The van der Waals surface area contributed by atoms with E-state index in [-0.39, 0.29) is 5.91 Å². The van der Waals surface area contributed by atoms with Gasteiger partial charge in [0.1, 0.15) is 0 Å². The lowest BCUT2D eigenvalue weighted by Crippen LogP contribution is -2.49. The Bertz CT molecular complexity index is 189. The molecule has 0 saturated carbocycles. The van der Waals surface area contributed by atoms with Gasteiger partial charge in [-0.1, -0.05) is 0 Å². The van der Waals surface area contributed by atoms with E-state index in [1.807, 2.05) is 4.90 Å². The zero-order chi connectivity index (χ0) is 9.10. The Balaban J connectivity index is 1.81. The Morgan fingerprint density at radius 1 is 1.38 bits per heavy atom. The molecule has 74 valence electrons. The molecular weight excluding hydrogens is 166 g/mol. The van der Waals surface area contributed by atoms with Gasteiger partial charge in [-0.2, -0.15) is 0 Å². The molecule has 0 aliphatic carbocycles. The summed E-state index contributed by atoms with van der Waals surface area (Å²) in [5, 5.41) is 6.41. The minimum Gasteiger partial charge on any atom is -0.340 e. The maximum absolute atomic E-state index is 11.4. The number of hydrogen-bond donors (Lipinski definition) is 2. The van der Waals surface area contributed by atoms with E-state index in [0.717, 1.165) is 32.7 Å². The van der Waals surface area contributed by atoms with Crippen molar-refractivity contribution in [3.63, 3.8) is 0 Å². The van der Waals surface area contributed by atoms with E-state index >= 15 is 0 Å². The molecule has 0 aromatic rings. The van der Waals surface area contributed by atoms with E-state index in [0.29, 0.717) is 12.5 Å². The summed E-state index contributed by atoms with van der Waals surface area (Å²) in [5.74, 6) is 0.945. The van der Waals surface area contributed by atoms with Crippen molar-refractivity contribution in [3.8, 4) is 0 Å². The van der Waals surface area contributed by atoms with Gasteiger partial charge in [0.15, 0.2) is 0 Å². The Kier molecular flexibility index (Phi) is 2.80. The second kappa shape index (κ2) is 4.07. The second-order valence-corrected chi connectivity index (χ2v) is 3.88. The Morgan fingerprint density at radius 3 is 3.00 bits per heavy atom. The number of rotatable bonds is 2. The van der Waals surface area contributed by atoms with Crippen LogP contribution in [0.2, 0.25) is 0 Å². The maximum atomic E-state index is 11.4. The molecule has 13 heavy (non-hydrogen) atoms. The molecule has 4 nitrogen and oxygen atoms in total. The van der Waals surface area contributed by atoms with Gasteiger partial charge < -0.3 is 15.5 Å². The fraction of sp³-hybridized carbons (Fsp3) is 0.889. The molecule has 2 rings (SSSR count). The summed E-state index contributed by atoms with van der Waals surface area (Å²) < 4.78 is 0. The van der Waals surface area contributed by atoms with Gasteiger partial charge in [-0.25, -0.2) is 0 Å². The van der Waals surface area contributed by atoms with Crippen molar-refractivity contribution in [2.75, 3.05) is 39.3 Å². The van der Waals surface area contributed by atoms with Crippen LogP contribution in [0.3, 0.4) is 0 Å². The predicted molar refractivity (Wildman–Crippen MR) is 50.4 cm³/mol. The van der Waals surface area contributed by atoms with Crippen LogP contribution >= 0.6 is 0 Å². The number of piperazine rings is 1. The van der Waals surface area contributed by atoms with E-state index in [9.17, 15) is 4.79 Å². The van der Waals surface area contributed by atoms with Gasteiger partial charge in [0.25, 0.3) is 0 Å². The number of hydrogen-bond acceptors (Lipinski definition) is 3. The average molecular weight is 183 g/mol. The quantitative estimate of drug-likeness (QED) is 0.579. The van der Waals surface area contributed by atoms with Crippen molar-refractivity contribution in [1.29, 1.82) is 0 Å². The molecule has 1 unspecified atom stereocenters. The SMILES string of the molecule is O=C1CNCCN1CC1CCNC1. The summed E-state index contributed by atoms with van der Waals surface area (Å²) in [7, 11) is 0.